The Balaban J connectivity index is 2.87. The lowest BCUT2D eigenvalue weighted by molar-refractivity contribution is 0.730. The summed E-state index contributed by atoms with van der Waals surface area (Å²) in [4.78, 5) is 0. The number of hydrogen-bond acceptors (Lipinski definition) is 3. The van der Waals surface area contributed by atoms with Gasteiger partial charge in [0.2, 0.25) is 0 Å². The zero-order chi connectivity index (χ0) is 10.0. The molecule has 4 heteroatoms. The van der Waals surface area contributed by atoms with E-state index in [2.05, 4.69) is 17.3 Å². The summed E-state index contributed by atoms with van der Waals surface area (Å²) in [6, 6.07) is 0.293. The minimum atomic E-state index is 0.293. The summed E-state index contributed by atoms with van der Waals surface area (Å²) in [7, 11) is 1.95. The highest BCUT2D eigenvalue weighted by molar-refractivity contribution is 5.52. The third kappa shape index (κ3) is 2.01. The molecule has 0 aromatic carbocycles. The predicted octanol–water partition coefficient (Wildman–Crippen LogP) is 0.796. The fraction of sp³-hybridized carbons (Fsp3) is 0.667. The molecular formula is C9H18N4. The minimum absolute atomic E-state index is 0.293. The molecule has 1 atom stereocenters. The molecule has 0 spiro atoms. The van der Waals surface area contributed by atoms with Gasteiger partial charge in [-0.2, -0.15) is 5.10 Å². The highest BCUT2D eigenvalue weighted by atomic mass is 15.3. The topological polar surface area (TPSA) is 55.9 Å². The van der Waals surface area contributed by atoms with Crippen molar-refractivity contribution in [2.45, 2.75) is 26.8 Å². The van der Waals surface area contributed by atoms with Crippen LogP contribution in [-0.2, 0) is 7.05 Å². The second-order valence-corrected chi connectivity index (χ2v) is 3.45. The van der Waals surface area contributed by atoms with E-state index in [9.17, 15) is 0 Å². The fourth-order valence-electron chi connectivity index (χ4n) is 1.29. The monoisotopic (exact) mass is 182 g/mol. The molecule has 1 aromatic rings. The second-order valence-electron chi connectivity index (χ2n) is 3.45. The van der Waals surface area contributed by atoms with Crippen molar-refractivity contribution in [3.63, 3.8) is 0 Å². The Morgan fingerprint density at radius 1 is 1.54 bits per heavy atom. The van der Waals surface area contributed by atoms with Gasteiger partial charge < -0.3 is 11.1 Å². The Labute approximate surface area is 79.1 Å². The number of rotatable bonds is 3. The van der Waals surface area contributed by atoms with Gasteiger partial charge in [-0.15, -0.1) is 0 Å². The molecule has 1 heterocycles. The first-order valence-corrected chi connectivity index (χ1v) is 4.53. The first-order chi connectivity index (χ1) is 6.06. The third-order valence-corrected chi connectivity index (χ3v) is 2.25. The largest absolute Gasteiger partial charge is 0.378 e. The number of nitrogens with two attached hydrogens (primary N) is 1. The number of hydrogen-bond donors (Lipinski definition) is 2. The molecule has 1 aromatic heterocycles. The molecule has 0 fully saturated rings. The van der Waals surface area contributed by atoms with Crippen molar-refractivity contribution in [1.29, 1.82) is 0 Å². The summed E-state index contributed by atoms with van der Waals surface area (Å²) in [5.74, 6) is 0. The molecule has 4 nitrogen and oxygen atoms in total. The van der Waals surface area contributed by atoms with Crippen molar-refractivity contribution in [1.82, 2.24) is 9.78 Å². The average molecular weight is 182 g/mol. The van der Waals surface area contributed by atoms with Crippen molar-refractivity contribution in [3.8, 4) is 0 Å². The van der Waals surface area contributed by atoms with Crippen LogP contribution in [0, 0.1) is 13.8 Å². The van der Waals surface area contributed by atoms with Crippen molar-refractivity contribution in [2.75, 3.05) is 11.9 Å². The minimum Gasteiger partial charge on any atom is -0.378 e. The molecule has 74 valence electrons. The van der Waals surface area contributed by atoms with Crippen LogP contribution in [0.3, 0.4) is 0 Å². The van der Waals surface area contributed by atoms with Crippen LogP contribution in [-0.4, -0.2) is 22.4 Å². The van der Waals surface area contributed by atoms with Gasteiger partial charge in [-0.25, -0.2) is 0 Å². The highest BCUT2D eigenvalue weighted by Gasteiger charge is 2.10. The summed E-state index contributed by atoms with van der Waals surface area (Å²) in [6.07, 6.45) is 0. The standard InChI is InChI=1S/C9H18N4/c1-6(5-10)11-9-7(2)12-13(4)8(9)3/h6,11H,5,10H2,1-4H3. The van der Waals surface area contributed by atoms with Gasteiger partial charge in [-0.3, -0.25) is 4.68 Å². The van der Waals surface area contributed by atoms with Crippen LogP contribution in [0.15, 0.2) is 0 Å². The molecule has 0 saturated heterocycles. The van der Waals surface area contributed by atoms with Crippen LogP contribution < -0.4 is 11.1 Å². The lowest BCUT2D eigenvalue weighted by Gasteiger charge is -2.12. The molecule has 1 unspecified atom stereocenters. The molecule has 13 heavy (non-hydrogen) atoms. The van der Waals surface area contributed by atoms with Gasteiger partial charge >= 0.3 is 0 Å². The summed E-state index contributed by atoms with van der Waals surface area (Å²) in [6.45, 7) is 6.74. The normalized spacial score (nSPS) is 13.0. The zero-order valence-corrected chi connectivity index (χ0v) is 8.76. The summed E-state index contributed by atoms with van der Waals surface area (Å²) in [5, 5.41) is 7.65. The van der Waals surface area contributed by atoms with Gasteiger partial charge in [0.15, 0.2) is 0 Å². The maximum Gasteiger partial charge on any atom is 0.0827 e. The fourth-order valence-corrected chi connectivity index (χ4v) is 1.29. The number of anilines is 1. The van der Waals surface area contributed by atoms with Crippen LogP contribution in [0.2, 0.25) is 0 Å². The number of aryl methyl sites for hydroxylation is 2. The number of nitrogens with zero attached hydrogens (tertiary/aromatic N) is 2. The maximum absolute atomic E-state index is 5.54. The van der Waals surface area contributed by atoms with E-state index in [-0.39, 0.29) is 0 Å². The van der Waals surface area contributed by atoms with Crippen LogP contribution in [0.1, 0.15) is 18.3 Å². The van der Waals surface area contributed by atoms with Gasteiger partial charge in [0.05, 0.1) is 17.1 Å². The lowest BCUT2D eigenvalue weighted by Crippen LogP contribution is -2.25. The van der Waals surface area contributed by atoms with Crippen LogP contribution in [0.25, 0.3) is 0 Å². The highest BCUT2D eigenvalue weighted by Crippen LogP contribution is 2.18. The van der Waals surface area contributed by atoms with Crippen LogP contribution in [0.4, 0.5) is 5.69 Å². The van der Waals surface area contributed by atoms with E-state index in [0.717, 1.165) is 17.1 Å². The summed E-state index contributed by atoms with van der Waals surface area (Å²) < 4.78 is 1.88. The molecule has 0 saturated carbocycles. The molecular weight excluding hydrogens is 164 g/mol. The molecule has 0 aliphatic heterocycles. The quantitative estimate of drug-likeness (QED) is 0.727. The van der Waals surface area contributed by atoms with E-state index >= 15 is 0 Å². The SMILES string of the molecule is Cc1nn(C)c(C)c1NC(C)CN. The summed E-state index contributed by atoms with van der Waals surface area (Å²) >= 11 is 0. The molecule has 1 rings (SSSR count). The smallest absolute Gasteiger partial charge is 0.0827 e. The second kappa shape index (κ2) is 3.79. The van der Waals surface area contributed by atoms with Crippen molar-refractivity contribution in [3.05, 3.63) is 11.4 Å². The number of aromatic nitrogens is 2. The molecule has 0 bridgehead atoms. The van der Waals surface area contributed by atoms with E-state index in [1.807, 2.05) is 25.6 Å². The average Bonchev–Trinajstić information content (AvgIpc) is 2.32. The Morgan fingerprint density at radius 3 is 2.54 bits per heavy atom. The van der Waals surface area contributed by atoms with Gasteiger partial charge in [0.1, 0.15) is 0 Å². The Hall–Kier alpha value is -1.03. The Morgan fingerprint density at radius 2 is 2.15 bits per heavy atom. The predicted molar refractivity (Wildman–Crippen MR) is 54.8 cm³/mol. The van der Waals surface area contributed by atoms with E-state index in [1.165, 1.54) is 0 Å². The van der Waals surface area contributed by atoms with E-state index in [0.29, 0.717) is 12.6 Å². The molecule has 0 aliphatic carbocycles. The third-order valence-electron chi connectivity index (χ3n) is 2.25. The van der Waals surface area contributed by atoms with E-state index in [1.54, 1.807) is 0 Å². The van der Waals surface area contributed by atoms with Gasteiger partial charge in [0.25, 0.3) is 0 Å². The van der Waals surface area contributed by atoms with Gasteiger partial charge in [-0.1, -0.05) is 0 Å². The van der Waals surface area contributed by atoms with Crippen LogP contribution in [0.5, 0.6) is 0 Å². The summed E-state index contributed by atoms with van der Waals surface area (Å²) in [5.41, 5.74) is 8.83. The lowest BCUT2D eigenvalue weighted by atomic mass is 10.2. The first-order valence-electron chi connectivity index (χ1n) is 4.53. The van der Waals surface area contributed by atoms with E-state index < -0.39 is 0 Å². The van der Waals surface area contributed by atoms with Crippen LogP contribution >= 0.6 is 0 Å². The Kier molecular flexibility index (Phi) is 2.93. The molecule has 3 N–H and O–H groups in total. The molecule has 0 aliphatic rings. The van der Waals surface area contributed by atoms with Gasteiger partial charge in [0, 0.05) is 19.6 Å². The van der Waals surface area contributed by atoms with Crippen molar-refractivity contribution < 1.29 is 0 Å². The molecule has 0 radical (unpaired) electrons. The Bertz CT molecular complexity index is 290. The van der Waals surface area contributed by atoms with Crippen molar-refractivity contribution >= 4 is 5.69 Å². The first kappa shape index (κ1) is 10.1. The van der Waals surface area contributed by atoms with Crippen molar-refractivity contribution in [2.24, 2.45) is 12.8 Å². The van der Waals surface area contributed by atoms with E-state index in [4.69, 9.17) is 5.73 Å². The molecule has 0 amide bonds. The zero-order valence-electron chi connectivity index (χ0n) is 8.76. The maximum atomic E-state index is 5.54. The van der Waals surface area contributed by atoms with Gasteiger partial charge in [-0.05, 0) is 20.8 Å². The number of nitrogens with one attached hydrogen (secondary N) is 1.